The number of hydrogen-bond donors (Lipinski definition) is 3. The van der Waals surface area contributed by atoms with Crippen molar-refractivity contribution < 1.29 is 24.6 Å². The minimum Gasteiger partial charge on any atom is -0.511 e. The lowest BCUT2D eigenvalue weighted by atomic mass is 9.64. The molecule has 0 fully saturated rings. The van der Waals surface area contributed by atoms with Gasteiger partial charge in [0.1, 0.15) is 5.76 Å². The van der Waals surface area contributed by atoms with E-state index in [9.17, 15) is 24.6 Å². The molecule has 2 atom stereocenters. The number of hydrogen-bond acceptors (Lipinski definition) is 5. The topological polar surface area (TPSA) is 116 Å². The zero-order valence-electron chi connectivity index (χ0n) is 18.3. The van der Waals surface area contributed by atoms with Crippen LogP contribution >= 0.6 is 11.6 Å². The molecule has 3 rings (SSSR count). The molecule has 1 amide bonds. The normalized spacial score (nSPS) is 25.6. The Labute approximate surface area is 191 Å². The summed E-state index contributed by atoms with van der Waals surface area (Å²) in [7, 11) is 0. The number of carboxylic acid groups (broad SMARTS) is 1. The molecule has 3 N–H and O–H groups in total. The Bertz CT molecular complexity index is 1040. The summed E-state index contributed by atoms with van der Waals surface area (Å²) in [6.45, 7) is 5.65. The second-order valence-corrected chi connectivity index (χ2v) is 9.78. The molecule has 2 aliphatic rings. The molecule has 1 aromatic carbocycles. The molecular weight excluding hydrogens is 432 g/mol. The minimum atomic E-state index is -1.78. The predicted octanol–water partition coefficient (Wildman–Crippen LogP) is 4.54. The standard InChI is InChI=1S/C24H27ClN2O5/c1-14-8-9-24(22(31)32,18(10-14)15-4-6-16(25)7-5-15)21(30)27-26-13-17-19(28)11-23(2,3)12-20(17)29/h4-8,13,18,28H,9-12H2,1-3H3,(H,27,30)(H,31,32)/b26-13-/t18-,24+/m1/s1. The van der Waals surface area contributed by atoms with E-state index in [0.29, 0.717) is 23.4 Å². The van der Waals surface area contributed by atoms with E-state index >= 15 is 0 Å². The molecule has 0 aromatic heterocycles. The Balaban J connectivity index is 1.90. The number of aliphatic hydroxyl groups is 1. The van der Waals surface area contributed by atoms with Crippen LogP contribution in [-0.2, 0) is 14.4 Å². The fourth-order valence-electron chi connectivity index (χ4n) is 4.44. The van der Waals surface area contributed by atoms with E-state index in [1.54, 1.807) is 30.3 Å². The first-order chi connectivity index (χ1) is 15.0. The number of halogens is 1. The number of benzene rings is 1. The molecule has 0 bridgehead atoms. The van der Waals surface area contributed by atoms with Gasteiger partial charge in [-0.05, 0) is 42.9 Å². The van der Waals surface area contributed by atoms with Crippen LogP contribution in [0.15, 0.2) is 52.3 Å². The highest BCUT2D eigenvalue weighted by Crippen LogP contribution is 2.47. The van der Waals surface area contributed by atoms with Crippen molar-refractivity contribution in [1.82, 2.24) is 5.43 Å². The molecule has 0 heterocycles. The van der Waals surface area contributed by atoms with Crippen LogP contribution in [0.5, 0.6) is 0 Å². The number of aliphatic carboxylic acids is 1. The van der Waals surface area contributed by atoms with Crippen molar-refractivity contribution in [3.05, 3.63) is 57.8 Å². The van der Waals surface area contributed by atoms with Gasteiger partial charge in [-0.2, -0.15) is 5.10 Å². The van der Waals surface area contributed by atoms with Crippen molar-refractivity contribution >= 4 is 35.5 Å². The summed E-state index contributed by atoms with van der Waals surface area (Å²) in [4.78, 5) is 38.0. The van der Waals surface area contributed by atoms with E-state index in [1.807, 2.05) is 20.8 Å². The Kier molecular flexibility index (Phi) is 6.60. The van der Waals surface area contributed by atoms with Gasteiger partial charge in [-0.3, -0.25) is 14.4 Å². The maximum atomic E-state index is 13.2. The van der Waals surface area contributed by atoms with Gasteiger partial charge in [0.05, 0.1) is 11.8 Å². The number of rotatable bonds is 5. The fraction of sp³-hybridized carbons (Fsp3) is 0.417. The van der Waals surface area contributed by atoms with Crippen LogP contribution in [0.4, 0.5) is 0 Å². The van der Waals surface area contributed by atoms with Crippen molar-refractivity contribution in [3.63, 3.8) is 0 Å². The largest absolute Gasteiger partial charge is 0.511 e. The van der Waals surface area contributed by atoms with Crippen molar-refractivity contribution in [2.24, 2.45) is 15.9 Å². The maximum Gasteiger partial charge on any atom is 0.320 e. The molecule has 32 heavy (non-hydrogen) atoms. The number of carbonyl (C=O) groups excluding carboxylic acids is 2. The van der Waals surface area contributed by atoms with Crippen LogP contribution in [0.3, 0.4) is 0 Å². The zero-order chi connectivity index (χ0) is 23.7. The van der Waals surface area contributed by atoms with E-state index in [-0.39, 0.29) is 35.4 Å². The number of allylic oxidation sites excluding steroid dienone is 4. The van der Waals surface area contributed by atoms with E-state index in [2.05, 4.69) is 10.5 Å². The zero-order valence-corrected chi connectivity index (χ0v) is 19.1. The smallest absolute Gasteiger partial charge is 0.320 e. The summed E-state index contributed by atoms with van der Waals surface area (Å²) in [5.41, 5.74) is 1.88. The highest BCUT2D eigenvalue weighted by Gasteiger charge is 2.53. The number of ketones is 1. The van der Waals surface area contributed by atoms with Gasteiger partial charge in [0.2, 0.25) is 0 Å². The van der Waals surface area contributed by atoms with Gasteiger partial charge < -0.3 is 10.2 Å². The highest BCUT2D eigenvalue weighted by molar-refractivity contribution is 6.30. The third-order valence-electron chi connectivity index (χ3n) is 6.21. The van der Waals surface area contributed by atoms with Crippen LogP contribution in [0.25, 0.3) is 0 Å². The van der Waals surface area contributed by atoms with Crippen molar-refractivity contribution in [2.75, 3.05) is 0 Å². The summed E-state index contributed by atoms with van der Waals surface area (Å²) >= 11 is 5.98. The van der Waals surface area contributed by atoms with Gasteiger partial charge in [-0.15, -0.1) is 0 Å². The maximum absolute atomic E-state index is 13.2. The van der Waals surface area contributed by atoms with Crippen LogP contribution in [0.1, 0.15) is 57.9 Å². The molecular formula is C24H27ClN2O5. The lowest BCUT2D eigenvalue weighted by molar-refractivity contribution is -0.158. The summed E-state index contributed by atoms with van der Waals surface area (Å²) < 4.78 is 0. The molecule has 7 nitrogen and oxygen atoms in total. The molecule has 0 radical (unpaired) electrons. The minimum absolute atomic E-state index is 0.00385. The number of nitrogens with zero attached hydrogens (tertiary/aromatic N) is 1. The first-order valence-corrected chi connectivity index (χ1v) is 10.8. The number of nitrogens with one attached hydrogen (secondary N) is 1. The molecule has 170 valence electrons. The van der Waals surface area contributed by atoms with Crippen LogP contribution < -0.4 is 5.43 Å². The number of Topliss-reactive ketones (excluding diaryl/α,β-unsaturated/α-hetero) is 1. The second kappa shape index (κ2) is 8.90. The molecule has 0 saturated carbocycles. The number of aliphatic hydroxyl groups excluding tert-OH is 1. The van der Waals surface area contributed by atoms with Gasteiger partial charge in [0.25, 0.3) is 5.91 Å². The van der Waals surface area contributed by atoms with Crippen LogP contribution in [0.2, 0.25) is 5.02 Å². The average molecular weight is 459 g/mol. The van der Waals surface area contributed by atoms with Gasteiger partial charge in [-0.25, -0.2) is 5.43 Å². The van der Waals surface area contributed by atoms with Gasteiger partial charge >= 0.3 is 5.97 Å². The second-order valence-electron chi connectivity index (χ2n) is 9.34. The van der Waals surface area contributed by atoms with Crippen molar-refractivity contribution in [1.29, 1.82) is 0 Å². The van der Waals surface area contributed by atoms with Crippen LogP contribution in [0, 0.1) is 10.8 Å². The molecule has 0 saturated heterocycles. The van der Waals surface area contributed by atoms with Gasteiger partial charge in [0.15, 0.2) is 11.2 Å². The summed E-state index contributed by atoms with van der Waals surface area (Å²) in [6.07, 6.45) is 3.81. The molecule has 0 unspecified atom stereocenters. The highest BCUT2D eigenvalue weighted by atomic mass is 35.5. The lowest BCUT2D eigenvalue weighted by Gasteiger charge is -2.38. The van der Waals surface area contributed by atoms with Crippen molar-refractivity contribution in [2.45, 2.75) is 52.4 Å². The number of hydrazone groups is 1. The predicted molar refractivity (Wildman–Crippen MR) is 122 cm³/mol. The molecule has 2 aliphatic carbocycles. The van der Waals surface area contributed by atoms with Crippen molar-refractivity contribution in [3.8, 4) is 0 Å². The lowest BCUT2D eigenvalue weighted by Crippen LogP contribution is -2.50. The first-order valence-electron chi connectivity index (χ1n) is 10.4. The number of carboxylic acids is 1. The van der Waals surface area contributed by atoms with E-state index in [4.69, 9.17) is 11.6 Å². The quantitative estimate of drug-likeness (QED) is 0.259. The molecule has 0 aliphatic heterocycles. The summed E-state index contributed by atoms with van der Waals surface area (Å²) in [5.74, 6) is -3.03. The Hall–Kier alpha value is -2.93. The average Bonchev–Trinajstić information content (AvgIpc) is 2.69. The number of amides is 1. The third-order valence-corrected chi connectivity index (χ3v) is 6.46. The Morgan fingerprint density at radius 1 is 1.22 bits per heavy atom. The third kappa shape index (κ3) is 4.63. The van der Waals surface area contributed by atoms with E-state index in [0.717, 1.165) is 11.8 Å². The number of carbonyl (C=O) groups is 3. The van der Waals surface area contributed by atoms with E-state index < -0.39 is 23.2 Å². The Morgan fingerprint density at radius 2 is 1.88 bits per heavy atom. The van der Waals surface area contributed by atoms with Crippen LogP contribution in [-0.4, -0.2) is 34.1 Å². The molecule has 1 aromatic rings. The fourth-order valence-corrected chi connectivity index (χ4v) is 4.57. The molecule has 0 spiro atoms. The van der Waals surface area contributed by atoms with E-state index in [1.165, 1.54) is 0 Å². The van der Waals surface area contributed by atoms with Gasteiger partial charge in [-0.1, -0.05) is 49.2 Å². The summed E-state index contributed by atoms with van der Waals surface area (Å²) in [6, 6.07) is 6.79. The van der Waals surface area contributed by atoms with Gasteiger partial charge in [0, 0.05) is 23.8 Å². The monoisotopic (exact) mass is 458 g/mol. The first kappa shape index (κ1) is 23.7. The molecule has 8 heteroatoms. The SMILES string of the molecule is CC1=CC[C@@](C(=O)O)(C(=O)N/N=C\C2=C(O)CC(C)(C)CC2=O)[C@@H](c2ccc(Cl)cc2)C1. The summed E-state index contributed by atoms with van der Waals surface area (Å²) in [5, 5.41) is 24.7. The Morgan fingerprint density at radius 3 is 2.47 bits per heavy atom.